The zero-order valence-corrected chi connectivity index (χ0v) is 13.9. The second-order valence-electron chi connectivity index (χ2n) is 6.05. The average Bonchev–Trinajstić information content (AvgIpc) is 2.52. The summed E-state index contributed by atoms with van der Waals surface area (Å²) >= 11 is 0. The van der Waals surface area contributed by atoms with Gasteiger partial charge in [-0.25, -0.2) is 0 Å². The molecule has 0 saturated carbocycles. The van der Waals surface area contributed by atoms with Crippen LogP contribution in [0.2, 0.25) is 0 Å². The molecule has 4 nitrogen and oxygen atoms in total. The van der Waals surface area contributed by atoms with Crippen LogP contribution in [0, 0.1) is 11.8 Å². The summed E-state index contributed by atoms with van der Waals surface area (Å²) < 4.78 is 10.8. The number of methoxy groups -OCH3 is 1. The Morgan fingerprint density at radius 3 is 2.61 bits per heavy atom. The van der Waals surface area contributed by atoms with E-state index in [1.807, 2.05) is 50.2 Å². The summed E-state index contributed by atoms with van der Waals surface area (Å²) in [5.41, 5.74) is 1.02. The molecule has 0 fully saturated rings. The van der Waals surface area contributed by atoms with E-state index in [9.17, 15) is 9.90 Å². The summed E-state index contributed by atoms with van der Waals surface area (Å²) in [7, 11) is 1.64. The standard InChI is InChI=1S/C19H24O4/c1-13(2)16(19(20)21)11-14-7-8-15-5-4-6-18(17(15)12-14)23-10-9-22-3/h4-8,12-13,16H,9-11H2,1-3H3,(H,20,21). The Hall–Kier alpha value is -2.07. The first-order valence-electron chi connectivity index (χ1n) is 7.89. The van der Waals surface area contributed by atoms with Gasteiger partial charge in [-0.2, -0.15) is 0 Å². The predicted molar refractivity (Wildman–Crippen MR) is 91.0 cm³/mol. The molecule has 0 saturated heterocycles. The summed E-state index contributed by atoms with van der Waals surface area (Å²) in [5.74, 6) is -0.229. The average molecular weight is 316 g/mol. The Labute approximate surface area is 137 Å². The van der Waals surface area contributed by atoms with E-state index in [0.717, 1.165) is 22.1 Å². The molecule has 0 amide bonds. The molecule has 1 unspecified atom stereocenters. The molecule has 0 bridgehead atoms. The number of carboxylic acids is 1. The van der Waals surface area contributed by atoms with E-state index in [1.165, 1.54) is 0 Å². The number of aliphatic carboxylic acids is 1. The lowest BCUT2D eigenvalue weighted by Gasteiger charge is -2.17. The number of rotatable bonds is 8. The monoisotopic (exact) mass is 316 g/mol. The molecule has 1 N–H and O–H groups in total. The highest BCUT2D eigenvalue weighted by atomic mass is 16.5. The first kappa shape index (κ1) is 17.3. The minimum Gasteiger partial charge on any atom is -0.491 e. The van der Waals surface area contributed by atoms with Gasteiger partial charge in [-0.3, -0.25) is 4.79 Å². The molecular formula is C19H24O4. The number of ether oxygens (including phenoxy) is 2. The van der Waals surface area contributed by atoms with Crippen molar-refractivity contribution >= 4 is 16.7 Å². The molecule has 0 aliphatic rings. The third-order valence-corrected chi connectivity index (χ3v) is 4.03. The molecule has 2 rings (SSSR count). The molecule has 1 atom stereocenters. The lowest BCUT2D eigenvalue weighted by Crippen LogP contribution is -2.22. The highest BCUT2D eigenvalue weighted by molar-refractivity contribution is 5.89. The smallest absolute Gasteiger partial charge is 0.307 e. The minimum absolute atomic E-state index is 0.0939. The van der Waals surface area contributed by atoms with Crippen LogP contribution in [-0.2, 0) is 16.0 Å². The Bertz CT molecular complexity index is 663. The quantitative estimate of drug-likeness (QED) is 0.753. The number of benzene rings is 2. The summed E-state index contributed by atoms with van der Waals surface area (Å²) in [6.45, 7) is 4.91. The highest BCUT2D eigenvalue weighted by Crippen LogP contribution is 2.28. The van der Waals surface area contributed by atoms with Crippen LogP contribution >= 0.6 is 0 Å². The van der Waals surface area contributed by atoms with Gasteiger partial charge in [-0.15, -0.1) is 0 Å². The van der Waals surface area contributed by atoms with Gasteiger partial charge in [0.1, 0.15) is 12.4 Å². The maximum absolute atomic E-state index is 11.4. The molecule has 0 heterocycles. The van der Waals surface area contributed by atoms with Crippen LogP contribution in [-0.4, -0.2) is 31.4 Å². The molecule has 2 aromatic carbocycles. The zero-order valence-electron chi connectivity index (χ0n) is 13.9. The van der Waals surface area contributed by atoms with Gasteiger partial charge < -0.3 is 14.6 Å². The lowest BCUT2D eigenvalue weighted by molar-refractivity contribution is -0.143. The van der Waals surface area contributed by atoms with Gasteiger partial charge in [-0.1, -0.05) is 38.1 Å². The first-order chi connectivity index (χ1) is 11.0. The van der Waals surface area contributed by atoms with Gasteiger partial charge >= 0.3 is 5.97 Å². The fourth-order valence-electron chi connectivity index (χ4n) is 2.64. The van der Waals surface area contributed by atoms with E-state index in [1.54, 1.807) is 7.11 Å². The van der Waals surface area contributed by atoms with Crippen LogP contribution in [0.1, 0.15) is 19.4 Å². The van der Waals surface area contributed by atoms with Crippen molar-refractivity contribution in [2.24, 2.45) is 11.8 Å². The molecule has 4 heteroatoms. The number of carbonyl (C=O) groups is 1. The van der Waals surface area contributed by atoms with E-state index < -0.39 is 5.97 Å². The molecule has 0 aliphatic heterocycles. The Morgan fingerprint density at radius 1 is 1.17 bits per heavy atom. The minimum atomic E-state index is -0.746. The number of hydrogen-bond donors (Lipinski definition) is 1. The van der Waals surface area contributed by atoms with Crippen LogP contribution in [0.4, 0.5) is 0 Å². The Morgan fingerprint density at radius 2 is 1.96 bits per heavy atom. The van der Waals surface area contributed by atoms with Crippen LogP contribution in [0.5, 0.6) is 5.75 Å². The molecule has 124 valence electrons. The van der Waals surface area contributed by atoms with Crippen molar-refractivity contribution in [3.8, 4) is 5.75 Å². The number of hydrogen-bond acceptors (Lipinski definition) is 3. The highest BCUT2D eigenvalue weighted by Gasteiger charge is 2.21. The topological polar surface area (TPSA) is 55.8 Å². The second kappa shape index (κ2) is 7.97. The normalized spacial score (nSPS) is 12.5. The van der Waals surface area contributed by atoms with E-state index in [4.69, 9.17) is 9.47 Å². The van der Waals surface area contributed by atoms with E-state index in [-0.39, 0.29) is 11.8 Å². The molecular weight excluding hydrogens is 292 g/mol. The van der Waals surface area contributed by atoms with Gasteiger partial charge in [0.15, 0.2) is 0 Å². The molecule has 0 radical (unpaired) electrons. The van der Waals surface area contributed by atoms with Gasteiger partial charge in [0, 0.05) is 12.5 Å². The van der Waals surface area contributed by atoms with Crippen molar-refractivity contribution < 1.29 is 19.4 Å². The van der Waals surface area contributed by atoms with Crippen LogP contribution in [0.25, 0.3) is 10.8 Å². The molecule has 0 aliphatic carbocycles. The van der Waals surface area contributed by atoms with Crippen molar-refractivity contribution in [2.75, 3.05) is 20.3 Å². The zero-order chi connectivity index (χ0) is 16.8. The van der Waals surface area contributed by atoms with Crippen molar-refractivity contribution in [3.05, 3.63) is 42.0 Å². The van der Waals surface area contributed by atoms with E-state index in [2.05, 4.69) is 0 Å². The van der Waals surface area contributed by atoms with Gasteiger partial charge in [-0.05, 0) is 35.4 Å². The number of fused-ring (bicyclic) bond motifs is 1. The van der Waals surface area contributed by atoms with Crippen LogP contribution in [0.15, 0.2) is 36.4 Å². The summed E-state index contributed by atoms with van der Waals surface area (Å²) in [5, 5.41) is 11.5. The SMILES string of the molecule is COCCOc1cccc2ccc(CC(C(=O)O)C(C)C)cc12. The third kappa shape index (κ3) is 4.45. The van der Waals surface area contributed by atoms with Crippen molar-refractivity contribution in [1.82, 2.24) is 0 Å². The lowest BCUT2D eigenvalue weighted by atomic mass is 9.88. The fraction of sp³-hybridized carbons (Fsp3) is 0.421. The van der Waals surface area contributed by atoms with Gasteiger partial charge in [0.2, 0.25) is 0 Å². The van der Waals surface area contributed by atoms with Crippen molar-refractivity contribution in [3.63, 3.8) is 0 Å². The molecule has 0 spiro atoms. The third-order valence-electron chi connectivity index (χ3n) is 4.03. The van der Waals surface area contributed by atoms with E-state index in [0.29, 0.717) is 19.6 Å². The second-order valence-corrected chi connectivity index (χ2v) is 6.05. The number of carboxylic acid groups (broad SMARTS) is 1. The molecule has 0 aromatic heterocycles. The van der Waals surface area contributed by atoms with Crippen molar-refractivity contribution in [1.29, 1.82) is 0 Å². The van der Waals surface area contributed by atoms with Gasteiger partial charge in [0.25, 0.3) is 0 Å². The predicted octanol–water partition coefficient (Wildman–Crippen LogP) is 3.76. The molecule has 23 heavy (non-hydrogen) atoms. The largest absolute Gasteiger partial charge is 0.491 e. The van der Waals surface area contributed by atoms with Crippen LogP contribution < -0.4 is 4.74 Å². The summed E-state index contributed by atoms with van der Waals surface area (Å²) in [6.07, 6.45) is 0.523. The van der Waals surface area contributed by atoms with Gasteiger partial charge in [0.05, 0.1) is 12.5 Å². The Balaban J connectivity index is 2.29. The maximum atomic E-state index is 11.4. The van der Waals surface area contributed by atoms with Crippen LogP contribution in [0.3, 0.4) is 0 Å². The van der Waals surface area contributed by atoms with E-state index >= 15 is 0 Å². The fourth-order valence-corrected chi connectivity index (χ4v) is 2.64. The Kier molecular flexibility index (Phi) is 5.99. The summed E-state index contributed by atoms with van der Waals surface area (Å²) in [4.78, 5) is 11.4. The van der Waals surface area contributed by atoms with Crippen molar-refractivity contribution in [2.45, 2.75) is 20.3 Å². The maximum Gasteiger partial charge on any atom is 0.307 e. The first-order valence-corrected chi connectivity index (χ1v) is 7.89. The summed E-state index contributed by atoms with van der Waals surface area (Å²) in [6, 6.07) is 12.0. The molecule has 2 aromatic rings.